The van der Waals surface area contributed by atoms with Crippen molar-refractivity contribution in [1.29, 1.82) is 0 Å². The summed E-state index contributed by atoms with van der Waals surface area (Å²) in [6, 6.07) is 7.74. The Morgan fingerprint density at radius 3 is 2.40 bits per heavy atom. The van der Waals surface area contributed by atoms with Crippen LogP contribution in [0.3, 0.4) is 0 Å². The van der Waals surface area contributed by atoms with Gasteiger partial charge in [-0.2, -0.15) is 0 Å². The van der Waals surface area contributed by atoms with E-state index >= 15 is 0 Å². The SMILES string of the molecule is Cc1cc(N(CC(=O)Nc2ccc(F)c(F)c2)S(C)(=O)=O)ccc1Br. The molecular formula is C16H15BrF2N2O3S. The topological polar surface area (TPSA) is 66.5 Å². The molecule has 0 radical (unpaired) electrons. The molecule has 0 unspecified atom stereocenters. The van der Waals surface area contributed by atoms with E-state index in [0.29, 0.717) is 5.69 Å². The Kier molecular flexibility index (Phi) is 5.79. The first kappa shape index (κ1) is 19.3. The number of rotatable bonds is 5. The molecule has 2 aromatic carbocycles. The summed E-state index contributed by atoms with van der Waals surface area (Å²) in [5.41, 5.74) is 1.15. The number of amides is 1. The minimum absolute atomic E-state index is 0.0318. The third-order valence-electron chi connectivity index (χ3n) is 3.32. The number of nitrogens with zero attached hydrogens (tertiary/aromatic N) is 1. The summed E-state index contributed by atoms with van der Waals surface area (Å²) in [5.74, 6) is -2.83. The number of anilines is 2. The third kappa shape index (κ3) is 4.99. The van der Waals surface area contributed by atoms with E-state index in [1.807, 2.05) is 0 Å². The van der Waals surface area contributed by atoms with E-state index < -0.39 is 34.1 Å². The standard InChI is InChI=1S/C16H15BrF2N2O3S/c1-10-7-12(4-5-13(10)17)21(25(2,23)24)9-16(22)20-11-3-6-14(18)15(19)8-11/h3-8H,9H2,1-2H3,(H,20,22). The van der Waals surface area contributed by atoms with Gasteiger partial charge in [0.15, 0.2) is 11.6 Å². The van der Waals surface area contributed by atoms with Crippen molar-refractivity contribution in [3.05, 3.63) is 58.1 Å². The van der Waals surface area contributed by atoms with Gasteiger partial charge in [-0.15, -0.1) is 0 Å². The van der Waals surface area contributed by atoms with E-state index in [1.165, 1.54) is 6.07 Å². The zero-order valence-electron chi connectivity index (χ0n) is 13.4. The fraction of sp³-hybridized carbons (Fsp3) is 0.188. The lowest BCUT2D eigenvalue weighted by Gasteiger charge is -2.22. The molecule has 0 saturated heterocycles. The van der Waals surface area contributed by atoms with Gasteiger partial charge in [0.2, 0.25) is 15.9 Å². The predicted octanol–water partition coefficient (Wildman–Crippen LogP) is 3.44. The molecule has 0 aromatic heterocycles. The highest BCUT2D eigenvalue weighted by atomic mass is 79.9. The Bertz CT molecular complexity index is 920. The van der Waals surface area contributed by atoms with Gasteiger partial charge in [-0.05, 0) is 42.8 Å². The average Bonchev–Trinajstić information content (AvgIpc) is 2.50. The Hall–Kier alpha value is -2.00. The molecule has 5 nitrogen and oxygen atoms in total. The van der Waals surface area contributed by atoms with E-state index in [1.54, 1.807) is 25.1 Å². The summed E-state index contributed by atoms with van der Waals surface area (Å²) in [4.78, 5) is 12.1. The van der Waals surface area contributed by atoms with Crippen LogP contribution in [0.1, 0.15) is 5.56 Å². The number of hydrogen-bond acceptors (Lipinski definition) is 3. The smallest absolute Gasteiger partial charge is 0.245 e. The predicted molar refractivity (Wildman–Crippen MR) is 96.1 cm³/mol. The van der Waals surface area contributed by atoms with Crippen molar-refractivity contribution in [1.82, 2.24) is 0 Å². The number of carbonyl (C=O) groups is 1. The van der Waals surface area contributed by atoms with Gasteiger partial charge in [-0.3, -0.25) is 9.10 Å². The first-order chi connectivity index (χ1) is 11.6. The molecule has 9 heteroatoms. The summed E-state index contributed by atoms with van der Waals surface area (Å²) in [5, 5.41) is 2.35. The molecule has 0 heterocycles. The van der Waals surface area contributed by atoms with E-state index in [9.17, 15) is 22.0 Å². The van der Waals surface area contributed by atoms with E-state index in [2.05, 4.69) is 21.2 Å². The zero-order chi connectivity index (χ0) is 18.8. The van der Waals surface area contributed by atoms with Crippen molar-refractivity contribution in [3.63, 3.8) is 0 Å². The van der Waals surface area contributed by atoms with Crippen LogP contribution in [0.5, 0.6) is 0 Å². The Balaban J connectivity index is 2.23. The second kappa shape index (κ2) is 7.49. The number of hydrogen-bond donors (Lipinski definition) is 1. The molecule has 2 rings (SSSR count). The van der Waals surface area contributed by atoms with Crippen LogP contribution >= 0.6 is 15.9 Å². The lowest BCUT2D eigenvalue weighted by molar-refractivity contribution is -0.114. The molecule has 25 heavy (non-hydrogen) atoms. The van der Waals surface area contributed by atoms with Gasteiger partial charge in [0, 0.05) is 16.2 Å². The van der Waals surface area contributed by atoms with E-state index in [-0.39, 0.29) is 5.69 Å². The molecule has 0 aliphatic carbocycles. The molecule has 1 amide bonds. The highest BCUT2D eigenvalue weighted by Crippen LogP contribution is 2.24. The van der Waals surface area contributed by atoms with Crippen molar-refractivity contribution in [3.8, 4) is 0 Å². The molecule has 0 atom stereocenters. The number of nitrogens with one attached hydrogen (secondary N) is 1. The van der Waals surface area contributed by atoms with Crippen molar-refractivity contribution in [2.24, 2.45) is 0 Å². The van der Waals surface area contributed by atoms with Gasteiger partial charge in [-0.1, -0.05) is 15.9 Å². The highest BCUT2D eigenvalue weighted by Gasteiger charge is 2.21. The van der Waals surface area contributed by atoms with Gasteiger partial charge < -0.3 is 5.32 Å². The average molecular weight is 433 g/mol. The van der Waals surface area contributed by atoms with Gasteiger partial charge in [0.25, 0.3) is 0 Å². The Labute approximate surface area is 152 Å². The van der Waals surface area contributed by atoms with Crippen LogP contribution in [0.25, 0.3) is 0 Å². The second-order valence-electron chi connectivity index (χ2n) is 5.38. The molecule has 0 bridgehead atoms. The molecular weight excluding hydrogens is 418 g/mol. The van der Waals surface area contributed by atoms with Crippen LogP contribution in [-0.2, 0) is 14.8 Å². The molecule has 0 fully saturated rings. The van der Waals surface area contributed by atoms with Crippen LogP contribution in [0.15, 0.2) is 40.9 Å². The normalized spacial score (nSPS) is 11.2. The summed E-state index contributed by atoms with van der Waals surface area (Å²) < 4.78 is 51.9. The lowest BCUT2D eigenvalue weighted by Crippen LogP contribution is -2.37. The second-order valence-corrected chi connectivity index (χ2v) is 8.14. The van der Waals surface area contributed by atoms with Crippen LogP contribution < -0.4 is 9.62 Å². The minimum atomic E-state index is -3.73. The monoisotopic (exact) mass is 432 g/mol. The van der Waals surface area contributed by atoms with Crippen LogP contribution in [-0.4, -0.2) is 27.1 Å². The van der Waals surface area contributed by atoms with Gasteiger partial charge in [-0.25, -0.2) is 17.2 Å². The maximum atomic E-state index is 13.2. The molecule has 134 valence electrons. The number of halogens is 3. The van der Waals surface area contributed by atoms with E-state index in [0.717, 1.165) is 32.7 Å². The minimum Gasteiger partial charge on any atom is -0.324 e. The summed E-state index contributed by atoms with van der Waals surface area (Å²) in [7, 11) is -3.73. The zero-order valence-corrected chi connectivity index (χ0v) is 15.8. The van der Waals surface area contributed by atoms with Crippen molar-refractivity contribution in [2.45, 2.75) is 6.92 Å². The molecule has 0 aliphatic rings. The van der Waals surface area contributed by atoms with E-state index in [4.69, 9.17) is 0 Å². The van der Waals surface area contributed by atoms with Crippen molar-refractivity contribution >= 4 is 43.2 Å². The number of carbonyl (C=O) groups excluding carboxylic acids is 1. The largest absolute Gasteiger partial charge is 0.324 e. The number of sulfonamides is 1. The fourth-order valence-corrected chi connectivity index (χ4v) is 3.18. The third-order valence-corrected chi connectivity index (χ3v) is 5.35. The fourth-order valence-electron chi connectivity index (χ4n) is 2.09. The van der Waals surface area contributed by atoms with Gasteiger partial charge in [0.1, 0.15) is 6.54 Å². The van der Waals surface area contributed by atoms with Crippen molar-refractivity contribution in [2.75, 3.05) is 22.4 Å². The Morgan fingerprint density at radius 1 is 1.16 bits per heavy atom. The first-order valence-corrected chi connectivity index (χ1v) is 9.71. The Morgan fingerprint density at radius 2 is 1.84 bits per heavy atom. The van der Waals surface area contributed by atoms with Crippen LogP contribution in [0.4, 0.5) is 20.2 Å². The maximum Gasteiger partial charge on any atom is 0.245 e. The lowest BCUT2D eigenvalue weighted by atomic mass is 10.2. The summed E-state index contributed by atoms with van der Waals surface area (Å²) >= 11 is 3.32. The molecule has 1 N–H and O–H groups in total. The highest BCUT2D eigenvalue weighted by molar-refractivity contribution is 9.10. The quantitative estimate of drug-likeness (QED) is 0.786. The summed E-state index contributed by atoms with van der Waals surface area (Å²) in [6.07, 6.45) is 0.981. The first-order valence-electron chi connectivity index (χ1n) is 7.06. The summed E-state index contributed by atoms with van der Waals surface area (Å²) in [6.45, 7) is 1.29. The van der Waals surface area contributed by atoms with Gasteiger partial charge in [0.05, 0.1) is 11.9 Å². The number of aryl methyl sites for hydroxylation is 1. The van der Waals surface area contributed by atoms with Crippen LogP contribution in [0, 0.1) is 18.6 Å². The maximum absolute atomic E-state index is 13.2. The molecule has 0 aliphatic heterocycles. The van der Waals surface area contributed by atoms with Crippen molar-refractivity contribution < 1.29 is 22.0 Å². The molecule has 0 spiro atoms. The van der Waals surface area contributed by atoms with Gasteiger partial charge >= 0.3 is 0 Å². The van der Waals surface area contributed by atoms with Crippen LogP contribution in [0.2, 0.25) is 0 Å². The molecule has 2 aromatic rings. The molecule has 0 saturated carbocycles. The number of benzene rings is 2.